The number of thioether (sulfide) groups is 1. The smallest absolute Gasteiger partial charge is 0.294 e. The van der Waals surface area contributed by atoms with Crippen LogP contribution in [0, 0.1) is 0 Å². The zero-order valence-electron chi connectivity index (χ0n) is 20.3. The first-order valence-corrected chi connectivity index (χ1v) is 12.5. The van der Waals surface area contributed by atoms with E-state index in [0.717, 1.165) is 34.3 Å². The fourth-order valence-electron chi connectivity index (χ4n) is 4.59. The second kappa shape index (κ2) is 9.59. The molecule has 1 saturated heterocycles. The van der Waals surface area contributed by atoms with E-state index in [1.54, 1.807) is 37.5 Å². The van der Waals surface area contributed by atoms with Crippen molar-refractivity contribution >= 4 is 57.9 Å². The molecule has 2 heterocycles. The summed E-state index contributed by atoms with van der Waals surface area (Å²) in [6.45, 7) is 6.24. The molecule has 4 rings (SSSR count). The number of rotatable bonds is 5. The van der Waals surface area contributed by atoms with Crippen LogP contribution in [0.2, 0.25) is 5.02 Å². The molecule has 0 bridgehead atoms. The summed E-state index contributed by atoms with van der Waals surface area (Å²) in [4.78, 5) is 41.5. The van der Waals surface area contributed by atoms with Gasteiger partial charge in [-0.1, -0.05) is 24.6 Å². The minimum Gasteiger partial charge on any atom is -0.496 e. The predicted molar refractivity (Wildman–Crippen MR) is 141 cm³/mol. The Hall–Kier alpha value is -2.97. The lowest BCUT2D eigenvalue weighted by Crippen LogP contribution is -2.45. The molecule has 0 aliphatic carbocycles. The van der Waals surface area contributed by atoms with Crippen molar-refractivity contribution in [1.82, 2.24) is 4.90 Å². The van der Waals surface area contributed by atoms with E-state index >= 15 is 0 Å². The van der Waals surface area contributed by atoms with E-state index in [-0.39, 0.29) is 17.0 Å². The Morgan fingerprint density at radius 1 is 1.29 bits per heavy atom. The number of carbonyl (C=O) groups is 3. The standard InChI is InChI=1S/C26H28ClN3O4S/c1-15-13-26(2,3)29(4)20-12-21(34-5)16(9-19(15)20)10-22-24(32)30(25(33)35-22)14-23(31)28-18-8-6-7-17(27)11-18/h6-12,15H,13-14H2,1-5H3,(H,28,31)/b22-10+. The van der Waals surface area contributed by atoms with E-state index < -0.39 is 17.1 Å². The molecule has 2 aromatic rings. The number of ether oxygens (including phenoxy) is 1. The molecule has 2 aromatic carbocycles. The highest BCUT2D eigenvalue weighted by atomic mass is 35.5. The van der Waals surface area contributed by atoms with Crippen LogP contribution in [0.15, 0.2) is 41.3 Å². The van der Waals surface area contributed by atoms with E-state index in [1.165, 1.54) is 5.56 Å². The van der Waals surface area contributed by atoms with Crippen LogP contribution in [0.25, 0.3) is 6.08 Å². The van der Waals surface area contributed by atoms with Crippen LogP contribution in [0.5, 0.6) is 5.75 Å². The summed E-state index contributed by atoms with van der Waals surface area (Å²) >= 11 is 6.76. The summed E-state index contributed by atoms with van der Waals surface area (Å²) in [7, 11) is 3.66. The molecule has 0 saturated carbocycles. The van der Waals surface area contributed by atoms with Crippen LogP contribution in [-0.2, 0) is 9.59 Å². The molecule has 7 nitrogen and oxygen atoms in total. The Labute approximate surface area is 214 Å². The Kier molecular flexibility index (Phi) is 6.88. The zero-order valence-corrected chi connectivity index (χ0v) is 21.9. The highest BCUT2D eigenvalue weighted by Crippen LogP contribution is 2.46. The maximum atomic E-state index is 13.0. The largest absolute Gasteiger partial charge is 0.496 e. The van der Waals surface area contributed by atoms with Gasteiger partial charge in [0.1, 0.15) is 12.3 Å². The van der Waals surface area contributed by atoms with Crippen LogP contribution in [0.1, 0.15) is 44.2 Å². The van der Waals surface area contributed by atoms with Crippen molar-refractivity contribution in [3.8, 4) is 5.75 Å². The highest BCUT2D eigenvalue weighted by molar-refractivity contribution is 8.18. The average Bonchev–Trinajstić information content (AvgIpc) is 3.04. The number of hydrogen-bond donors (Lipinski definition) is 1. The van der Waals surface area contributed by atoms with Gasteiger partial charge in [-0.3, -0.25) is 19.3 Å². The third kappa shape index (κ3) is 5.04. The molecule has 0 radical (unpaired) electrons. The van der Waals surface area contributed by atoms with E-state index in [9.17, 15) is 14.4 Å². The van der Waals surface area contributed by atoms with E-state index in [4.69, 9.17) is 16.3 Å². The van der Waals surface area contributed by atoms with Gasteiger partial charge in [0.25, 0.3) is 11.1 Å². The Balaban J connectivity index is 1.57. The van der Waals surface area contributed by atoms with Crippen LogP contribution in [-0.4, -0.2) is 48.2 Å². The average molecular weight is 514 g/mol. The number of fused-ring (bicyclic) bond motifs is 1. The van der Waals surface area contributed by atoms with Crippen molar-refractivity contribution in [3.63, 3.8) is 0 Å². The maximum absolute atomic E-state index is 13.0. The van der Waals surface area contributed by atoms with Gasteiger partial charge in [-0.05, 0) is 73.9 Å². The monoisotopic (exact) mass is 513 g/mol. The molecule has 2 aliphatic rings. The number of benzene rings is 2. The van der Waals surface area contributed by atoms with Crippen molar-refractivity contribution in [3.05, 3.63) is 57.5 Å². The van der Waals surface area contributed by atoms with Crippen LogP contribution in [0.4, 0.5) is 16.2 Å². The molecule has 9 heteroatoms. The summed E-state index contributed by atoms with van der Waals surface area (Å²) < 4.78 is 5.64. The van der Waals surface area contributed by atoms with Gasteiger partial charge in [-0.25, -0.2) is 0 Å². The van der Waals surface area contributed by atoms with Crippen molar-refractivity contribution in [2.45, 2.75) is 38.6 Å². The van der Waals surface area contributed by atoms with E-state index in [0.29, 0.717) is 22.4 Å². The lowest BCUT2D eigenvalue weighted by atomic mass is 9.80. The molecule has 35 heavy (non-hydrogen) atoms. The van der Waals surface area contributed by atoms with Gasteiger partial charge < -0.3 is 15.0 Å². The lowest BCUT2D eigenvalue weighted by molar-refractivity contribution is -0.127. The SMILES string of the molecule is COc1cc2c(cc1/C=C1/SC(=O)N(CC(=O)Nc3cccc(Cl)c3)C1=O)C(C)CC(C)(C)N2C. The first kappa shape index (κ1) is 25.1. The molecule has 0 aromatic heterocycles. The Morgan fingerprint density at radius 2 is 2.03 bits per heavy atom. The van der Waals surface area contributed by atoms with Gasteiger partial charge in [-0.15, -0.1) is 0 Å². The number of nitrogens with one attached hydrogen (secondary N) is 1. The fourth-order valence-corrected chi connectivity index (χ4v) is 5.61. The van der Waals surface area contributed by atoms with Gasteiger partial charge >= 0.3 is 0 Å². The quantitative estimate of drug-likeness (QED) is 0.513. The van der Waals surface area contributed by atoms with Crippen molar-refractivity contribution < 1.29 is 19.1 Å². The third-order valence-corrected chi connectivity index (χ3v) is 7.70. The molecule has 1 fully saturated rings. The molecule has 2 aliphatic heterocycles. The van der Waals surface area contributed by atoms with Gasteiger partial charge in [0.05, 0.1) is 12.0 Å². The van der Waals surface area contributed by atoms with Gasteiger partial charge in [0, 0.05) is 40.6 Å². The molecule has 3 amide bonds. The first-order valence-electron chi connectivity index (χ1n) is 11.3. The lowest BCUT2D eigenvalue weighted by Gasteiger charge is -2.45. The summed E-state index contributed by atoms with van der Waals surface area (Å²) in [5, 5.41) is 2.64. The zero-order chi connectivity index (χ0) is 25.5. The number of nitrogens with zero attached hydrogens (tertiary/aromatic N) is 2. The fraction of sp³-hybridized carbons (Fsp3) is 0.346. The molecule has 1 unspecified atom stereocenters. The van der Waals surface area contributed by atoms with Crippen LogP contribution >= 0.6 is 23.4 Å². The topological polar surface area (TPSA) is 79.0 Å². The predicted octanol–water partition coefficient (Wildman–Crippen LogP) is 5.75. The number of carbonyl (C=O) groups excluding carboxylic acids is 3. The maximum Gasteiger partial charge on any atom is 0.294 e. The summed E-state index contributed by atoms with van der Waals surface area (Å²) in [5.41, 5.74) is 3.48. The summed E-state index contributed by atoms with van der Waals surface area (Å²) in [6.07, 6.45) is 2.66. The Bertz CT molecular complexity index is 1240. The number of anilines is 2. The minimum absolute atomic E-state index is 0.00720. The first-order chi connectivity index (χ1) is 16.5. The highest BCUT2D eigenvalue weighted by Gasteiger charge is 2.38. The molecular formula is C26H28ClN3O4S. The normalized spacial score (nSPS) is 20.3. The molecule has 0 spiro atoms. The van der Waals surface area contributed by atoms with Gasteiger partial charge in [0.2, 0.25) is 5.91 Å². The van der Waals surface area contributed by atoms with Crippen LogP contribution in [0.3, 0.4) is 0 Å². The van der Waals surface area contributed by atoms with Gasteiger partial charge in [0.15, 0.2) is 0 Å². The van der Waals surface area contributed by atoms with E-state index in [1.807, 2.05) is 12.1 Å². The van der Waals surface area contributed by atoms with Gasteiger partial charge in [-0.2, -0.15) is 0 Å². The molecule has 1 N–H and O–H groups in total. The minimum atomic E-state index is -0.507. The molecule has 1 atom stereocenters. The van der Waals surface area contributed by atoms with Crippen molar-refractivity contribution in [1.29, 1.82) is 0 Å². The van der Waals surface area contributed by atoms with E-state index in [2.05, 4.69) is 38.0 Å². The third-order valence-electron chi connectivity index (χ3n) is 6.56. The molecular weight excluding hydrogens is 486 g/mol. The second-order valence-corrected chi connectivity index (χ2v) is 10.9. The number of hydrogen-bond acceptors (Lipinski definition) is 6. The number of halogens is 1. The second-order valence-electron chi connectivity index (χ2n) is 9.46. The molecule has 184 valence electrons. The van der Waals surface area contributed by atoms with Crippen molar-refractivity contribution in [2.24, 2.45) is 0 Å². The number of imide groups is 1. The summed E-state index contributed by atoms with van der Waals surface area (Å²) in [6, 6.07) is 10.7. The van der Waals surface area contributed by atoms with Crippen LogP contribution < -0.4 is 15.0 Å². The van der Waals surface area contributed by atoms with Crippen molar-refractivity contribution in [2.75, 3.05) is 30.9 Å². The number of methoxy groups -OCH3 is 1. The number of amides is 3. The summed E-state index contributed by atoms with van der Waals surface area (Å²) in [5.74, 6) is -0.0560. The Morgan fingerprint density at radius 3 is 2.71 bits per heavy atom.